The van der Waals surface area contributed by atoms with Gasteiger partial charge < -0.3 is 10.4 Å². The third kappa shape index (κ3) is 28.4. The highest BCUT2D eigenvalue weighted by molar-refractivity contribution is 7.85. The molecule has 0 aromatic carbocycles. The third-order valence-corrected chi connectivity index (χ3v) is 8.19. The third-order valence-electron chi connectivity index (χ3n) is 7.41. The number of allylic oxidation sites excluding steroid dienone is 4. The van der Waals surface area contributed by atoms with Gasteiger partial charge in [0.25, 0.3) is 10.1 Å². The lowest BCUT2D eigenvalue weighted by atomic mass is 10.0. The van der Waals surface area contributed by atoms with Crippen LogP contribution in [0.2, 0.25) is 0 Å². The van der Waals surface area contributed by atoms with Gasteiger partial charge in [-0.1, -0.05) is 134 Å². The highest BCUT2D eigenvalue weighted by Crippen LogP contribution is 2.14. The Morgan fingerprint density at radius 2 is 1.12 bits per heavy atom. The van der Waals surface area contributed by atoms with E-state index in [2.05, 4.69) is 43.5 Å². The van der Waals surface area contributed by atoms with Crippen LogP contribution in [0.1, 0.15) is 162 Å². The molecule has 0 aromatic heterocycles. The number of rotatable bonds is 29. The van der Waals surface area contributed by atoms with Gasteiger partial charge >= 0.3 is 0 Å². The van der Waals surface area contributed by atoms with E-state index in [1.54, 1.807) is 0 Å². The van der Waals surface area contributed by atoms with Crippen molar-refractivity contribution < 1.29 is 22.9 Å². The summed E-state index contributed by atoms with van der Waals surface area (Å²) in [4.78, 5) is 12.4. The van der Waals surface area contributed by atoms with Crippen molar-refractivity contribution in [3.8, 4) is 0 Å². The van der Waals surface area contributed by atoms with E-state index in [1.165, 1.54) is 77.0 Å². The Bertz CT molecular complexity index is 735. The zero-order chi connectivity index (χ0) is 29.7. The lowest BCUT2D eigenvalue weighted by Gasteiger charge is -2.23. The Balaban J connectivity index is 3.93. The first-order valence-electron chi connectivity index (χ1n) is 16.5. The number of amides is 1. The van der Waals surface area contributed by atoms with E-state index in [9.17, 15) is 22.9 Å². The topological polar surface area (TPSA) is 104 Å². The maximum Gasteiger partial charge on any atom is 0.266 e. The summed E-state index contributed by atoms with van der Waals surface area (Å²) in [7, 11) is -4.30. The van der Waals surface area contributed by atoms with Crippen LogP contribution in [0.4, 0.5) is 0 Å². The van der Waals surface area contributed by atoms with E-state index in [4.69, 9.17) is 0 Å². The van der Waals surface area contributed by atoms with Gasteiger partial charge in [0.15, 0.2) is 0 Å². The van der Waals surface area contributed by atoms with Gasteiger partial charge in [-0.05, 0) is 44.9 Å². The van der Waals surface area contributed by atoms with Crippen molar-refractivity contribution >= 4 is 16.0 Å². The number of nitrogens with one attached hydrogen (secondary N) is 1. The molecule has 0 aliphatic carbocycles. The second-order valence-corrected chi connectivity index (χ2v) is 12.9. The van der Waals surface area contributed by atoms with E-state index in [-0.39, 0.29) is 5.91 Å². The molecule has 0 aliphatic rings. The number of unbranched alkanes of at least 4 members (excludes halogenated alkanes) is 17. The van der Waals surface area contributed by atoms with Crippen LogP contribution >= 0.6 is 0 Å². The molecule has 0 radical (unpaired) electrons. The van der Waals surface area contributed by atoms with Gasteiger partial charge in [0.1, 0.15) is 0 Å². The van der Waals surface area contributed by atoms with Crippen LogP contribution in [-0.2, 0) is 14.9 Å². The molecule has 0 bridgehead atoms. The Hall–Kier alpha value is -1.18. The number of aliphatic hydroxyl groups is 1. The van der Waals surface area contributed by atoms with Crippen LogP contribution in [0.25, 0.3) is 0 Å². The Kier molecular flexibility index (Phi) is 27.1. The number of carbonyl (C=O) groups is 1. The molecule has 0 fully saturated rings. The average molecular weight is 586 g/mol. The van der Waals surface area contributed by atoms with Gasteiger partial charge in [0.05, 0.1) is 17.9 Å². The zero-order valence-corrected chi connectivity index (χ0v) is 26.8. The smallest absolute Gasteiger partial charge is 0.266 e. The summed E-state index contributed by atoms with van der Waals surface area (Å²) in [5.74, 6) is -0.909. The molecule has 0 rings (SSSR count). The molecule has 2 unspecified atom stereocenters. The fourth-order valence-corrected chi connectivity index (χ4v) is 5.65. The monoisotopic (exact) mass is 585 g/mol. The molecule has 0 aromatic rings. The molecule has 6 nitrogen and oxygen atoms in total. The second-order valence-electron chi connectivity index (χ2n) is 11.4. The maximum atomic E-state index is 12.4. The molecule has 0 saturated heterocycles. The molecule has 7 heteroatoms. The highest BCUT2D eigenvalue weighted by atomic mass is 32.2. The van der Waals surface area contributed by atoms with Crippen LogP contribution in [0.15, 0.2) is 24.3 Å². The molecule has 1 amide bonds. The lowest BCUT2D eigenvalue weighted by molar-refractivity contribution is -0.122. The summed E-state index contributed by atoms with van der Waals surface area (Å²) in [6.07, 6.45) is 32.7. The summed E-state index contributed by atoms with van der Waals surface area (Å²) >= 11 is 0. The van der Waals surface area contributed by atoms with E-state index >= 15 is 0 Å². The van der Waals surface area contributed by atoms with Crippen molar-refractivity contribution in [1.29, 1.82) is 0 Å². The molecule has 0 heterocycles. The van der Waals surface area contributed by atoms with Crippen molar-refractivity contribution in [1.82, 2.24) is 5.32 Å². The number of hydrogen-bond acceptors (Lipinski definition) is 4. The van der Waals surface area contributed by atoms with Crippen LogP contribution < -0.4 is 5.32 Å². The van der Waals surface area contributed by atoms with Crippen molar-refractivity contribution in [2.75, 3.05) is 5.75 Å². The van der Waals surface area contributed by atoms with Crippen molar-refractivity contribution in [3.05, 3.63) is 24.3 Å². The molecule has 40 heavy (non-hydrogen) atoms. The summed E-state index contributed by atoms with van der Waals surface area (Å²) in [5, 5.41) is 13.2. The normalized spacial score (nSPS) is 13.8. The summed E-state index contributed by atoms with van der Waals surface area (Å²) in [6.45, 7) is 4.43. The van der Waals surface area contributed by atoms with Gasteiger partial charge in [-0.25, -0.2) is 0 Å². The zero-order valence-electron chi connectivity index (χ0n) is 26.0. The van der Waals surface area contributed by atoms with Crippen LogP contribution in [0, 0.1) is 0 Å². The quantitative estimate of drug-likeness (QED) is 0.0462. The average Bonchev–Trinajstić information content (AvgIpc) is 2.90. The standard InChI is InChI=1S/C33H63NO5S/c1-3-5-7-9-11-13-14-15-16-17-18-19-20-21-23-25-27-29-33(36)34-31(30-40(37,38)39)32(35)28-26-24-22-12-10-8-6-4-2/h11,13,15-16,31-32,35H,3-10,12,14,17-30H2,1-2H3,(H,34,36)(H,37,38,39)/b13-11-,16-15-. The van der Waals surface area contributed by atoms with Gasteiger partial charge in [-0.15, -0.1) is 0 Å². The molecule has 3 N–H and O–H groups in total. The molecule has 0 aliphatic heterocycles. The first-order valence-corrected chi connectivity index (χ1v) is 18.1. The second kappa shape index (κ2) is 28.0. The Labute approximate surface area is 247 Å². The van der Waals surface area contributed by atoms with Gasteiger partial charge in [-0.3, -0.25) is 9.35 Å². The van der Waals surface area contributed by atoms with Gasteiger partial charge in [-0.2, -0.15) is 8.42 Å². The predicted octanol–water partition coefficient (Wildman–Crippen LogP) is 8.84. The van der Waals surface area contributed by atoms with Crippen molar-refractivity contribution in [2.45, 2.75) is 174 Å². The number of carbonyl (C=O) groups excluding carboxylic acids is 1. The first kappa shape index (κ1) is 38.8. The molecule has 236 valence electrons. The fraction of sp³-hybridized carbons (Fsp3) is 0.848. The van der Waals surface area contributed by atoms with E-state index in [0.29, 0.717) is 12.8 Å². The highest BCUT2D eigenvalue weighted by Gasteiger charge is 2.26. The summed E-state index contributed by atoms with van der Waals surface area (Å²) in [6, 6.07) is -0.970. The van der Waals surface area contributed by atoms with Gasteiger partial charge in [0, 0.05) is 6.42 Å². The molecule has 0 spiro atoms. The molecule has 2 atom stereocenters. The molecular weight excluding hydrogens is 522 g/mol. The van der Waals surface area contributed by atoms with Crippen molar-refractivity contribution in [2.24, 2.45) is 0 Å². The Morgan fingerprint density at radius 3 is 1.68 bits per heavy atom. The van der Waals surface area contributed by atoms with Crippen LogP contribution in [-0.4, -0.2) is 41.9 Å². The minimum absolute atomic E-state index is 0.258. The van der Waals surface area contributed by atoms with Crippen LogP contribution in [0.5, 0.6) is 0 Å². The predicted molar refractivity (Wildman–Crippen MR) is 170 cm³/mol. The van der Waals surface area contributed by atoms with Gasteiger partial charge in [0.2, 0.25) is 5.91 Å². The summed E-state index contributed by atoms with van der Waals surface area (Å²) in [5.41, 5.74) is 0. The van der Waals surface area contributed by atoms with Crippen LogP contribution in [0.3, 0.4) is 0 Å². The minimum Gasteiger partial charge on any atom is -0.391 e. The maximum absolute atomic E-state index is 12.4. The molecular formula is C33H63NO5S. The molecule has 0 saturated carbocycles. The fourth-order valence-electron chi connectivity index (χ4n) is 4.89. The van der Waals surface area contributed by atoms with Crippen molar-refractivity contribution in [3.63, 3.8) is 0 Å². The SMILES string of the molecule is CCCCC/C=C\C/C=C\CCCCCCCCCC(=O)NC(CS(=O)(=O)O)C(O)CCCCCCCCCC. The lowest BCUT2D eigenvalue weighted by Crippen LogP contribution is -2.47. The van der Waals surface area contributed by atoms with E-state index < -0.39 is 28.0 Å². The number of aliphatic hydroxyl groups excluding tert-OH is 1. The summed E-state index contributed by atoms with van der Waals surface area (Å²) < 4.78 is 32.2. The number of hydrogen-bond donors (Lipinski definition) is 3. The Morgan fingerprint density at radius 1 is 0.675 bits per heavy atom. The largest absolute Gasteiger partial charge is 0.391 e. The van der Waals surface area contributed by atoms with E-state index in [1.807, 2.05) is 0 Å². The first-order chi connectivity index (χ1) is 19.3. The van der Waals surface area contributed by atoms with E-state index in [0.717, 1.165) is 57.8 Å². The minimum atomic E-state index is -4.30.